The number of hydrogen-bond donors (Lipinski definition) is 4. The number of nitro benzene ring substituents is 1. The Bertz CT molecular complexity index is 912. The molecule has 0 heterocycles. The van der Waals surface area contributed by atoms with Gasteiger partial charge in [-0.05, 0) is 45.7 Å². The third kappa shape index (κ3) is 10.3. The second-order valence-corrected chi connectivity index (χ2v) is 8.22. The van der Waals surface area contributed by atoms with Crippen LogP contribution in [0.15, 0.2) is 18.2 Å². The first-order chi connectivity index (χ1) is 15.8. The zero-order valence-electron chi connectivity index (χ0n) is 19.5. The quantitative estimate of drug-likeness (QED) is 0.149. The van der Waals surface area contributed by atoms with Crippen molar-refractivity contribution in [2.45, 2.75) is 65.0 Å². The Morgan fingerprint density at radius 1 is 1.21 bits per heavy atom. The number of ether oxygens (including phenoxy) is 2. The normalized spacial score (nSPS) is 11.8. The zero-order chi connectivity index (χ0) is 25.9. The average molecular weight is 482 g/mol. The highest BCUT2D eigenvalue weighted by Gasteiger charge is 2.25. The molecule has 2 amide bonds. The number of nitrogens with one attached hydrogen (secondary N) is 3. The summed E-state index contributed by atoms with van der Waals surface area (Å²) >= 11 is 0. The van der Waals surface area contributed by atoms with Gasteiger partial charge in [-0.25, -0.2) is 10.2 Å². The first-order valence-corrected chi connectivity index (χ1v) is 10.6. The van der Waals surface area contributed by atoms with Crippen molar-refractivity contribution in [3.8, 4) is 0 Å². The number of amides is 2. The Hall–Kier alpha value is -3.74. The fourth-order valence-corrected chi connectivity index (χ4v) is 2.52. The SMILES string of the molecule is CCCCOC(=O)CC[C@H](NNC(=O)c1ccc(NC(=O)OC(C)(C)C)cc1[N+](=O)[O-])C(=O)O. The number of carboxylic acid groups (broad SMARTS) is 1. The van der Waals surface area contributed by atoms with Crippen molar-refractivity contribution in [2.24, 2.45) is 0 Å². The summed E-state index contributed by atoms with van der Waals surface area (Å²) < 4.78 is 10.0. The van der Waals surface area contributed by atoms with E-state index in [0.29, 0.717) is 6.42 Å². The average Bonchev–Trinajstić information content (AvgIpc) is 2.71. The monoisotopic (exact) mass is 482 g/mol. The molecule has 0 aromatic heterocycles. The van der Waals surface area contributed by atoms with Gasteiger partial charge in [0.05, 0.1) is 17.2 Å². The molecular formula is C21H30N4O9. The molecule has 0 radical (unpaired) electrons. The van der Waals surface area contributed by atoms with Crippen molar-refractivity contribution < 1.29 is 38.7 Å². The molecule has 34 heavy (non-hydrogen) atoms. The summed E-state index contributed by atoms with van der Waals surface area (Å²) in [5.74, 6) is -2.89. The van der Waals surface area contributed by atoms with Crippen LogP contribution in [-0.4, -0.2) is 52.2 Å². The molecule has 13 heteroatoms. The number of unbranched alkanes of at least 4 members (excludes halogenated alkanes) is 1. The third-order valence-corrected chi connectivity index (χ3v) is 4.14. The summed E-state index contributed by atoms with van der Waals surface area (Å²) in [6.45, 7) is 7.11. The molecule has 13 nitrogen and oxygen atoms in total. The van der Waals surface area contributed by atoms with E-state index in [9.17, 15) is 34.4 Å². The number of anilines is 1. The maximum Gasteiger partial charge on any atom is 0.412 e. The Balaban J connectivity index is 2.81. The lowest BCUT2D eigenvalue weighted by atomic mass is 10.1. The molecule has 1 aromatic carbocycles. The summed E-state index contributed by atoms with van der Waals surface area (Å²) in [4.78, 5) is 58.0. The van der Waals surface area contributed by atoms with Crippen LogP contribution < -0.4 is 16.2 Å². The number of hydrazine groups is 1. The fourth-order valence-electron chi connectivity index (χ4n) is 2.52. The molecule has 0 saturated carbocycles. The molecule has 1 aromatic rings. The van der Waals surface area contributed by atoms with Crippen LogP contribution in [0.5, 0.6) is 0 Å². The van der Waals surface area contributed by atoms with Crippen LogP contribution in [0.25, 0.3) is 0 Å². The predicted molar refractivity (Wildman–Crippen MR) is 120 cm³/mol. The molecule has 4 N–H and O–H groups in total. The Morgan fingerprint density at radius 3 is 2.44 bits per heavy atom. The lowest BCUT2D eigenvalue weighted by Crippen LogP contribution is -2.48. The van der Waals surface area contributed by atoms with Gasteiger partial charge in [0.1, 0.15) is 17.2 Å². The number of nitrogens with zero attached hydrogens (tertiary/aromatic N) is 1. The largest absolute Gasteiger partial charge is 0.480 e. The number of nitro groups is 1. The topological polar surface area (TPSA) is 186 Å². The highest BCUT2D eigenvalue weighted by atomic mass is 16.6. The van der Waals surface area contributed by atoms with Crippen LogP contribution in [-0.2, 0) is 19.1 Å². The minimum absolute atomic E-state index is 0.0236. The molecule has 0 fully saturated rings. The van der Waals surface area contributed by atoms with E-state index in [1.807, 2.05) is 6.92 Å². The standard InChI is InChI=1S/C21H30N4O9/c1-5-6-11-33-17(26)10-9-15(19(28)29)23-24-18(27)14-8-7-13(12-16(14)25(31)32)22-20(30)34-21(2,3)4/h7-8,12,15,23H,5-6,9-11H2,1-4H3,(H,22,30)(H,24,27)(H,28,29)/t15-/m0/s1. The number of rotatable bonds is 12. The maximum atomic E-state index is 12.5. The molecule has 0 unspecified atom stereocenters. The number of carbonyl (C=O) groups is 4. The summed E-state index contributed by atoms with van der Waals surface area (Å²) in [5.41, 5.74) is 2.60. The Labute approximate surface area is 196 Å². The van der Waals surface area contributed by atoms with Crippen LogP contribution >= 0.6 is 0 Å². The molecule has 0 saturated heterocycles. The molecule has 1 rings (SSSR count). The summed E-state index contributed by atoms with van der Waals surface area (Å²) in [6, 6.07) is 1.99. The number of carboxylic acids is 1. The third-order valence-electron chi connectivity index (χ3n) is 4.14. The van der Waals surface area contributed by atoms with Gasteiger partial charge in [-0.3, -0.25) is 35.2 Å². The molecular weight excluding hydrogens is 452 g/mol. The second-order valence-electron chi connectivity index (χ2n) is 8.22. The smallest absolute Gasteiger partial charge is 0.412 e. The van der Waals surface area contributed by atoms with Crippen molar-refractivity contribution >= 4 is 35.3 Å². The minimum Gasteiger partial charge on any atom is -0.480 e. The van der Waals surface area contributed by atoms with Gasteiger partial charge in [-0.15, -0.1) is 0 Å². The molecule has 0 aliphatic carbocycles. The molecule has 0 bridgehead atoms. The van der Waals surface area contributed by atoms with Gasteiger partial charge in [-0.1, -0.05) is 13.3 Å². The van der Waals surface area contributed by atoms with E-state index in [1.165, 1.54) is 6.07 Å². The van der Waals surface area contributed by atoms with Crippen LogP contribution in [0.4, 0.5) is 16.2 Å². The number of hydrogen-bond acceptors (Lipinski definition) is 9. The van der Waals surface area contributed by atoms with E-state index in [-0.39, 0.29) is 30.7 Å². The van der Waals surface area contributed by atoms with Crippen LogP contribution in [0.3, 0.4) is 0 Å². The number of esters is 1. The summed E-state index contributed by atoms with van der Waals surface area (Å²) in [5, 5.41) is 23.1. The Kier molecular flexibility index (Phi) is 10.9. The van der Waals surface area contributed by atoms with Gasteiger partial charge >= 0.3 is 18.0 Å². The van der Waals surface area contributed by atoms with Gasteiger partial charge in [0, 0.05) is 12.5 Å². The van der Waals surface area contributed by atoms with Crippen molar-refractivity contribution in [1.29, 1.82) is 0 Å². The van der Waals surface area contributed by atoms with Gasteiger partial charge in [-0.2, -0.15) is 0 Å². The number of benzene rings is 1. The van der Waals surface area contributed by atoms with E-state index in [1.54, 1.807) is 20.8 Å². The van der Waals surface area contributed by atoms with Gasteiger partial charge in [0.25, 0.3) is 11.6 Å². The van der Waals surface area contributed by atoms with E-state index in [4.69, 9.17) is 9.47 Å². The van der Waals surface area contributed by atoms with Crippen LogP contribution in [0, 0.1) is 10.1 Å². The first-order valence-electron chi connectivity index (χ1n) is 10.6. The van der Waals surface area contributed by atoms with E-state index in [0.717, 1.165) is 18.6 Å². The van der Waals surface area contributed by atoms with E-state index >= 15 is 0 Å². The first kappa shape index (κ1) is 28.3. The summed E-state index contributed by atoms with van der Waals surface area (Å²) in [7, 11) is 0. The van der Waals surface area contributed by atoms with Crippen molar-refractivity contribution in [1.82, 2.24) is 10.9 Å². The van der Waals surface area contributed by atoms with Gasteiger partial charge in [0.15, 0.2) is 0 Å². The Morgan fingerprint density at radius 2 is 1.88 bits per heavy atom. The predicted octanol–water partition coefficient (Wildman–Crippen LogP) is 2.75. The zero-order valence-corrected chi connectivity index (χ0v) is 19.5. The maximum absolute atomic E-state index is 12.5. The number of aliphatic carboxylic acids is 1. The molecule has 1 atom stereocenters. The van der Waals surface area contributed by atoms with Gasteiger partial charge < -0.3 is 14.6 Å². The fraction of sp³-hybridized carbons (Fsp3) is 0.524. The van der Waals surface area contributed by atoms with Crippen molar-refractivity contribution in [3.63, 3.8) is 0 Å². The van der Waals surface area contributed by atoms with Crippen LogP contribution in [0.1, 0.15) is 63.7 Å². The van der Waals surface area contributed by atoms with Gasteiger partial charge in [0.2, 0.25) is 0 Å². The summed E-state index contributed by atoms with van der Waals surface area (Å²) in [6.07, 6.45) is 0.310. The minimum atomic E-state index is -1.34. The van der Waals surface area contributed by atoms with Crippen molar-refractivity contribution in [3.05, 3.63) is 33.9 Å². The van der Waals surface area contributed by atoms with E-state index < -0.39 is 46.2 Å². The molecule has 0 spiro atoms. The second kappa shape index (κ2) is 13.1. The van der Waals surface area contributed by atoms with Crippen molar-refractivity contribution in [2.75, 3.05) is 11.9 Å². The lowest BCUT2D eigenvalue weighted by molar-refractivity contribution is -0.385. The molecule has 0 aliphatic rings. The van der Waals surface area contributed by atoms with Crippen LogP contribution in [0.2, 0.25) is 0 Å². The van der Waals surface area contributed by atoms with E-state index in [2.05, 4.69) is 16.2 Å². The highest BCUT2D eigenvalue weighted by molar-refractivity contribution is 5.99. The number of carbonyl (C=O) groups excluding carboxylic acids is 3. The highest BCUT2D eigenvalue weighted by Crippen LogP contribution is 2.24. The molecule has 0 aliphatic heterocycles. The molecule has 188 valence electrons. The lowest BCUT2D eigenvalue weighted by Gasteiger charge is -2.19.